The quantitative estimate of drug-likeness (QED) is 0.733. The zero-order valence-electron chi connectivity index (χ0n) is 7.19. The molecule has 1 aliphatic heterocycles. The zero-order valence-corrected chi connectivity index (χ0v) is 7.94. The Morgan fingerprint density at radius 1 is 1.46 bits per heavy atom. The minimum atomic E-state index is -0.314. The normalized spacial score (nSPS) is 22.2. The lowest BCUT2D eigenvalue weighted by atomic mass is 9.98. The van der Waals surface area contributed by atoms with E-state index < -0.39 is 0 Å². The highest BCUT2D eigenvalue weighted by atomic mass is 35.5. The predicted octanol–water partition coefficient (Wildman–Crippen LogP) is 2.56. The van der Waals surface area contributed by atoms with Crippen LogP contribution >= 0.6 is 11.6 Å². The third-order valence-electron chi connectivity index (χ3n) is 2.48. The Bertz CT molecular complexity index is 308. The Hall–Kier alpha value is -0.600. The molecule has 1 N–H and O–H groups in total. The van der Waals surface area contributed by atoms with Crippen LogP contribution in [0.3, 0.4) is 0 Å². The van der Waals surface area contributed by atoms with Crippen molar-refractivity contribution in [3.05, 3.63) is 34.6 Å². The van der Waals surface area contributed by atoms with Crippen molar-refractivity contribution in [2.75, 3.05) is 13.1 Å². The average molecular weight is 200 g/mol. The van der Waals surface area contributed by atoms with Crippen LogP contribution in [0.25, 0.3) is 0 Å². The van der Waals surface area contributed by atoms with Gasteiger partial charge in [0.2, 0.25) is 0 Å². The molecular weight excluding hydrogens is 189 g/mol. The van der Waals surface area contributed by atoms with Crippen LogP contribution in [-0.2, 0) is 0 Å². The summed E-state index contributed by atoms with van der Waals surface area (Å²) in [5, 5.41) is 3.45. The lowest BCUT2D eigenvalue weighted by Gasteiger charge is -2.08. The molecule has 0 spiro atoms. The highest BCUT2D eigenvalue weighted by Gasteiger charge is 2.17. The summed E-state index contributed by atoms with van der Waals surface area (Å²) in [5.41, 5.74) is 1.05. The van der Waals surface area contributed by atoms with Crippen LogP contribution in [-0.4, -0.2) is 13.1 Å². The summed E-state index contributed by atoms with van der Waals surface area (Å²) in [4.78, 5) is 0. The first-order valence-electron chi connectivity index (χ1n) is 4.43. The smallest absolute Gasteiger partial charge is 0.142 e. The van der Waals surface area contributed by atoms with Crippen LogP contribution in [0.4, 0.5) is 4.39 Å². The van der Waals surface area contributed by atoms with E-state index in [-0.39, 0.29) is 10.8 Å². The maximum Gasteiger partial charge on any atom is 0.142 e. The first kappa shape index (κ1) is 8.97. The molecule has 1 aromatic carbocycles. The van der Waals surface area contributed by atoms with Gasteiger partial charge in [-0.1, -0.05) is 17.7 Å². The second-order valence-corrected chi connectivity index (χ2v) is 3.77. The molecule has 0 bridgehead atoms. The third-order valence-corrected chi connectivity index (χ3v) is 2.78. The first-order valence-corrected chi connectivity index (χ1v) is 4.81. The van der Waals surface area contributed by atoms with Crippen molar-refractivity contribution in [3.8, 4) is 0 Å². The van der Waals surface area contributed by atoms with E-state index in [1.807, 2.05) is 6.07 Å². The van der Waals surface area contributed by atoms with Crippen LogP contribution < -0.4 is 5.32 Å². The number of rotatable bonds is 1. The Morgan fingerprint density at radius 2 is 2.31 bits per heavy atom. The minimum Gasteiger partial charge on any atom is -0.316 e. The summed E-state index contributed by atoms with van der Waals surface area (Å²) in [6, 6.07) is 5.08. The molecule has 1 fully saturated rings. The second-order valence-electron chi connectivity index (χ2n) is 3.36. The lowest BCUT2D eigenvalue weighted by molar-refractivity contribution is 0.621. The van der Waals surface area contributed by atoms with Gasteiger partial charge in [0.1, 0.15) is 5.82 Å². The third kappa shape index (κ3) is 1.84. The van der Waals surface area contributed by atoms with Gasteiger partial charge in [0, 0.05) is 6.54 Å². The molecule has 0 radical (unpaired) electrons. The average Bonchev–Trinajstić information content (AvgIpc) is 2.62. The van der Waals surface area contributed by atoms with Crippen LogP contribution in [0.5, 0.6) is 0 Å². The molecule has 1 nitrogen and oxygen atoms in total. The van der Waals surface area contributed by atoms with E-state index >= 15 is 0 Å². The zero-order chi connectivity index (χ0) is 9.26. The van der Waals surface area contributed by atoms with E-state index in [0.717, 1.165) is 25.1 Å². The van der Waals surface area contributed by atoms with E-state index in [0.29, 0.717) is 5.92 Å². The van der Waals surface area contributed by atoms with E-state index in [9.17, 15) is 4.39 Å². The van der Waals surface area contributed by atoms with Crippen molar-refractivity contribution >= 4 is 11.6 Å². The summed E-state index contributed by atoms with van der Waals surface area (Å²) < 4.78 is 13.1. The van der Waals surface area contributed by atoms with E-state index in [1.165, 1.54) is 0 Å². The van der Waals surface area contributed by atoms with E-state index in [4.69, 9.17) is 11.6 Å². The van der Waals surface area contributed by atoms with Crippen LogP contribution in [0.15, 0.2) is 18.2 Å². The predicted molar refractivity (Wildman–Crippen MR) is 51.6 cm³/mol. The number of nitrogens with one attached hydrogen (secondary N) is 1. The molecule has 1 aromatic rings. The maximum atomic E-state index is 13.1. The van der Waals surface area contributed by atoms with Gasteiger partial charge in [-0.2, -0.15) is 0 Å². The molecule has 1 saturated heterocycles. The van der Waals surface area contributed by atoms with Gasteiger partial charge in [-0.25, -0.2) is 4.39 Å². The Kier molecular flexibility index (Phi) is 2.51. The van der Waals surface area contributed by atoms with Gasteiger partial charge in [-0.05, 0) is 36.6 Å². The van der Waals surface area contributed by atoms with Crippen molar-refractivity contribution < 1.29 is 4.39 Å². The summed E-state index contributed by atoms with van der Waals surface area (Å²) in [6.07, 6.45) is 1.08. The number of halogens is 2. The Labute approximate surface area is 81.9 Å². The van der Waals surface area contributed by atoms with Gasteiger partial charge in [0.05, 0.1) is 5.02 Å². The molecule has 1 atom stereocenters. The minimum absolute atomic E-state index is 0.203. The van der Waals surface area contributed by atoms with Crippen LogP contribution in [0, 0.1) is 5.82 Å². The molecule has 0 unspecified atom stereocenters. The van der Waals surface area contributed by atoms with Crippen molar-refractivity contribution in [1.29, 1.82) is 0 Å². The molecule has 1 aliphatic rings. The van der Waals surface area contributed by atoms with E-state index in [1.54, 1.807) is 12.1 Å². The Balaban J connectivity index is 2.25. The fourth-order valence-electron chi connectivity index (χ4n) is 1.71. The van der Waals surface area contributed by atoms with Crippen molar-refractivity contribution in [1.82, 2.24) is 5.32 Å². The molecule has 0 amide bonds. The van der Waals surface area contributed by atoms with Gasteiger partial charge >= 0.3 is 0 Å². The number of benzene rings is 1. The van der Waals surface area contributed by atoms with Gasteiger partial charge < -0.3 is 5.32 Å². The second kappa shape index (κ2) is 3.64. The fraction of sp³-hybridized carbons (Fsp3) is 0.400. The summed E-state index contributed by atoms with van der Waals surface area (Å²) in [6.45, 7) is 1.97. The molecule has 13 heavy (non-hydrogen) atoms. The first-order chi connectivity index (χ1) is 6.27. The molecule has 70 valence electrons. The van der Waals surface area contributed by atoms with Gasteiger partial charge in [-0.3, -0.25) is 0 Å². The molecule has 2 rings (SSSR count). The van der Waals surface area contributed by atoms with Crippen molar-refractivity contribution in [2.45, 2.75) is 12.3 Å². The maximum absolute atomic E-state index is 13.1. The SMILES string of the molecule is Fc1cc([C@@H]2CCNC2)ccc1Cl. The van der Waals surface area contributed by atoms with Gasteiger partial charge in [0.15, 0.2) is 0 Å². The molecule has 0 saturated carbocycles. The lowest BCUT2D eigenvalue weighted by Crippen LogP contribution is -2.08. The molecule has 0 aromatic heterocycles. The summed E-state index contributed by atoms with van der Waals surface area (Å²) in [5.74, 6) is 0.137. The standard InChI is InChI=1S/C10H11ClFN/c11-9-2-1-7(5-10(9)12)8-3-4-13-6-8/h1-2,5,8,13H,3-4,6H2/t8-/m1/s1. The van der Waals surface area contributed by atoms with Crippen LogP contribution in [0.1, 0.15) is 17.9 Å². The van der Waals surface area contributed by atoms with Crippen molar-refractivity contribution in [3.63, 3.8) is 0 Å². The highest BCUT2D eigenvalue weighted by molar-refractivity contribution is 6.30. The monoisotopic (exact) mass is 199 g/mol. The topological polar surface area (TPSA) is 12.0 Å². The molecular formula is C10H11ClFN. The van der Waals surface area contributed by atoms with E-state index in [2.05, 4.69) is 5.32 Å². The van der Waals surface area contributed by atoms with Crippen LogP contribution in [0.2, 0.25) is 5.02 Å². The molecule has 1 heterocycles. The fourth-order valence-corrected chi connectivity index (χ4v) is 1.82. The highest BCUT2D eigenvalue weighted by Crippen LogP contribution is 2.25. The number of hydrogen-bond donors (Lipinski definition) is 1. The summed E-state index contributed by atoms with van der Waals surface area (Å²) >= 11 is 5.60. The Morgan fingerprint density at radius 3 is 2.92 bits per heavy atom. The van der Waals surface area contributed by atoms with Gasteiger partial charge in [0.25, 0.3) is 0 Å². The largest absolute Gasteiger partial charge is 0.316 e. The van der Waals surface area contributed by atoms with Gasteiger partial charge in [-0.15, -0.1) is 0 Å². The molecule has 0 aliphatic carbocycles. The molecule has 3 heteroatoms. The summed E-state index contributed by atoms with van der Waals surface area (Å²) in [7, 11) is 0. The number of hydrogen-bond acceptors (Lipinski definition) is 1. The van der Waals surface area contributed by atoms with Crippen molar-refractivity contribution in [2.24, 2.45) is 0 Å².